The number of hydrogen-bond acceptors (Lipinski definition) is 9. The molecule has 0 atom stereocenters. The predicted molar refractivity (Wildman–Crippen MR) is 88.9 cm³/mol. The van der Waals surface area contributed by atoms with Crippen molar-refractivity contribution in [1.29, 1.82) is 0 Å². The maximum Gasteiger partial charge on any atom is 0.573 e. The van der Waals surface area contributed by atoms with Gasteiger partial charge in [0.2, 0.25) is 5.82 Å². The molecular formula is C14H12F3N7O2S. The molecule has 0 radical (unpaired) electrons. The molecule has 3 rings (SSSR count). The van der Waals surface area contributed by atoms with Gasteiger partial charge in [-0.1, -0.05) is 17.3 Å². The van der Waals surface area contributed by atoms with E-state index < -0.39 is 12.1 Å². The maximum absolute atomic E-state index is 12.5. The normalized spacial score (nSPS) is 12.2. The number of rotatable bonds is 6. The van der Waals surface area contributed by atoms with E-state index in [1.807, 2.05) is 0 Å². The molecule has 2 heterocycles. The molecular weight excluding hydrogens is 387 g/mol. The zero-order valence-corrected chi connectivity index (χ0v) is 14.5. The van der Waals surface area contributed by atoms with Gasteiger partial charge in [0.15, 0.2) is 17.5 Å². The lowest BCUT2D eigenvalue weighted by atomic mass is 10.1. The highest BCUT2D eigenvalue weighted by molar-refractivity contribution is 7.13. The second kappa shape index (κ2) is 7.57. The molecule has 0 aliphatic rings. The quantitative estimate of drug-likeness (QED) is 0.499. The maximum atomic E-state index is 12.5. The summed E-state index contributed by atoms with van der Waals surface area (Å²) in [4.78, 5) is 9.30. The molecule has 9 nitrogen and oxygen atoms in total. The molecule has 13 heteroatoms. The van der Waals surface area contributed by atoms with Gasteiger partial charge in [0.1, 0.15) is 5.75 Å². The molecule has 0 saturated carbocycles. The van der Waals surface area contributed by atoms with Crippen LogP contribution in [0.2, 0.25) is 0 Å². The number of anilines is 1. The van der Waals surface area contributed by atoms with Crippen molar-refractivity contribution >= 4 is 22.2 Å². The molecule has 0 unspecified atom stereocenters. The molecule has 27 heavy (non-hydrogen) atoms. The largest absolute Gasteiger partial charge is 0.573 e. The first-order valence-corrected chi connectivity index (χ1v) is 8.18. The van der Waals surface area contributed by atoms with Crippen LogP contribution in [0, 0.1) is 0 Å². The number of nitrogen functional groups attached to an aromatic ring is 1. The number of alkyl halides is 3. The van der Waals surface area contributed by atoms with Gasteiger partial charge in [-0.2, -0.15) is 0 Å². The number of hydrogen-bond donors (Lipinski definition) is 1. The second-order valence-electron chi connectivity index (χ2n) is 5.09. The molecule has 0 aliphatic carbocycles. The Labute approximate surface area is 154 Å². The molecule has 0 bridgehead atoms. The van der Waals surface area contributed by atoms with Crippen LogP contribution in [0.5, 0.6) is 5.75 Å². The van der Waals surface area contributed by atoms with Crippen molar-refractivity contribution < 1.29 is 22.7 Å². The van der Waals surface area contributed by atoms with E-state index in [4.69, 9.17) is 10.6 Å². The molecule has 142 valence electrons. The van der Waals surface area contributed by atoms with Crippen molar-refractivity contribution in [3.63, 3.8) is 0 Å². The van der Waals surface area contributed by atoms with Crippen molar-refractivity contribution in [3.8, 4) is 5.75 Å². The molecule has 0 aliphatic heterocycles. The second-order valence-corrected chi connectivity index (χ2v) is 5.98. The fourth-order valence-corrected chi connectivity index (χ4v) is 2.59. The number of nitrogens with zero attached hydrogens (tertiary/aromatic N) is 6. The van der Waals surface area contributed by atoms with Gasteiger partial charge in [-0.05, 0) is 22.6 Å². The van der Waals surface area contributed by atoms with E-state index >= 15 is 0 Å². The monoisotopic (exact) mass is 399 g/mol. The van der Waals surface area contributed by atoms with E-state index in [9.17, 15) is 13.2 Å². The number of thiazole rings is 1. The highest BCUT2D eigenvalue weighted by atomic mass is 32.1. The average Bonchev–Trinajstić information content (AvgIpc) is 3.19. The minimum absolute atomic E-state index is 0.0151. The van der Waals surface area contributed by atoms with Gasteiger partial charge in [-0.25, -0.2) is 9.67 Å². The summed E-state index contributed by atoms with van der Waals surface area (Å²) < 4.78 is 42.7. The number of oxime groups is 1. The van der Waals surface area contributed by atoms with Crippen LogP contribution < -0.4 is 10.5 Å². The van der Waals surface area contributed by atoms with E-state index in [0.717, 1.165) is 6.07 Å². The summed E-state index contributed by atoms with van der Waals surface area (Å²) in [6.07, 6.45) is -4.82. The first kappa shape index (κ1) is 18.6. The molecule has 0 fully saturated rings. The van der Waals surface area contributed by atoms with Gasteiger partial charge < -0.3 is 15.3 Å². The lowest BCUT2D eigenvalue weighted by Crippen LogP contribution is -2.18. The molecule has 0 saturated heterocycles. The summed E-state index contributed by atoms with van der Waals surface area (Å²) in [5.41, 5.74) is 6.50. The van der Waals surface area contributed by atoms with Gasteiger partial charge in [0.25, 0.3) is 0 Å². The number of halogens is 3. The number of tetrazole rings is 1. The minimum Gasteiger partial charge on any atom is -0.406 e. The van der Waals surface area contributed by atoms with E-state index in [0.29, 0.717) is 10.8 Å². The fourth-order valence-electron chi connectivity index (χ4n) is 2.05. The Bertz CT molecular complexity index is 954. The van der Waals surface area contributed by atoms with Gasteiger partial charge in [0.05, 0.1) is 5.69 Å². The van der Waals surface area contributed by atoms with Gasteiger partial charge >= 0.3 is 6.36 Å². The zero-order chi connectivity index (χ0) is 19.4. The molecule has 2 aromatic heterocycles. The summed E-state index contributed by atoms with van der Waals surface area (Å²) in [6, 6.07) is 5.24. The first-order valence-electron chi connectivity index (χ1n) is 7.30. The third kappa shape index (κ3) is 4.91. The van der Waals surface area contributed by atoms with Crippen molar-refractivity contribution in [2.75, 3.05) is 5.73 Å². The molecule has 0 amide bonds. The van der Waals surface area contributed by atoms with Crippen LogP contribution >= 0.6 is 11.3 Å². The van der Waals surface area contributed by atoms with Crippen molar-refractivity contribution in [1.82, 2.24) is 25.2 Å². The van der Waals surface area contributed by atoms with Crippen molar-refractivity contribution in [2.24, 2.45) is 12.2 Å². The predicted octanol–water partition coefficient (Wildman–Crippen LogP) is 2.12. The summed E-state index contributed by atoms with van der Waals surface area (Å²) >= 11 is 1.25. The van der Waals surface area contributed by atoms with Gasteiger partial charge in [-0.15, -0.1) is 29.6 Å². The van der Waals surface area contributed by atoms with Crippen LogP contribution in [-0.4, -0.2) is 37.3 Å². The topological polar surface area (TPSA) is 113 Å². The summed E-state index contributed by atoms with van der Waals surface area (Å²) in [5.74, 6) is -0.216. The molecule has 3 aromatic rings. The molecule has 0 spiro atoms. The smallest absolute Gasteiger partial charge is 0.406 e. The Kier molecular flexibility index (Phi) is 5.21. The third-order valence-electron chi connectivity index (χ3n) is 3.11. The summed E-state index contributed by atoms with van der Waals surface area (Å²) in [7, 11) is 1.56. The van der Waals surface area contributed by atoms with E-state index in [-0.39, 0.29) is 23.7 Å². The Balaban J connectivity index is 1.89. The lowest BCUT2D eigenvalue weighted by Gasteiger charge is -2.10. The third-order valence-corrected chi connectivity index (χ3v) is 3.83. The van der Waals surface area contributed by atoms with E-state index in [1.165, 1.54) is 34.2 Å². The van der Waals surface area contributed by atoms with Crippen LogP contribution in [0.25, 0.3) is 0 Å². The first-order chi connectivity index (χ1) is 12.8. The van der Waals surface area contributed by atoms with Crippen LogP contribution in [0.1, 0.15) is 17.1 Å². The number of ether oxygens (including phenoxy) is 1. The van der Waals surface area contributed by atoms with Gasteiger partial charge in [-0.3, -0.25) is 0 Å². The highest BCUT2D eigenvalue weighted by Crippen LogP contribution is 2.24. The Hall–Kier alpha value is -3.22. The standard InChI is InChI=1S/C14H12F3N7O2S/c1-24-12(20-22-23-24)11(21-25-6-9-7-27-13(18)19-9)8-3-2-4-10(5-8)26-14(15,16)17/h2-5,7H,6H2,1H3,(H2,18,19)/b21-11-. The van der Waals surface area contributed by atoms with Gasteiger partial charge in [0, 0.05) is 18.0 Å². The Morgan fingerprint density at radius 3 is 2.81 bits per heavy atom. The lowest BCUT2D eigenvalue weighted by molar-refractivity contribution is -0.274. The highest BCUT2D eigenvalue weighted by Gasteiger charge is 2.31. The minimum atomic E-state index is -4.82. The summed E-state index contributed by atoms with van der Waals surface area (Å²) in [5, 5.41) is 17.1. The number of nitrogens with two attached hydrogens (primary N) is 1. The van der Waals surface area contributed by atoms with Crippen molar-refractivity contribution in [2.45, 2.75) is 13.0 Å². The van der Waals surface area contributed by atoms with Crippen LogP contribution in [-0.2, 0) is 18.5 Å². The van der Waals surface area contributed by atoms with E-state index in [1.54, 1.807) is 12.4 Å². The number of benzene rings is 1. The van der Waals surface area contributed by atoms with Crippen LogP contribution in [0.4, 0.5) is 18.3 Å². The summed E-state index contributed by atoms with van der Waals surface area (Å²) in [6.45, 7) is 0.0151. The molecule has 1 aromatic carbocycles. The molecule has 2 N–H and O–H groups in total. The number of aromatic nitrogens is 5. The zero-order valence-electron chi connectivity index (χ0n) is 13.7. The van der Waals surface area contributed by atoms with E-state index in [2.05, 4.69) is 30.4 Å². The van der Waals surface area contributed by atoms with Crippen LogP contribution in [0.3, 0.4) is 0 Å². The Morgan fingerprint density at radius 2 is 2.19 bits per heavy atom. The fraction of sp³-hybridized carbons (Fsp3) is 0.214. The number of aryl methyl sites for hydroxylation is 1. The van der Waals surface area contributed by atoms with Crippen LogP contribution in [0.15, 0.2) is 34.8 Å². The Morgan fingerprint density at radius 1 is 1.37 bits per heavy atom. The average molecular weight is 399 g/mol. The van der Waals surface area contributed by atoms with Crippen molar-refractivity contribution in [3.05, 3.63) is 46.7 Å². The SMILES string of the molecule is Cn1nnnc1/C(=N\OCc1csc(N)n1)c1cccc(OC(F)(F)F)c1.